The Hall–Kier alpha value is -2.25. The molecule has 0 spiro atoms. The lowest BCUT2D eigenvalue weighted by Gasteiger charge is -2.32. The minimum atomic E-state index is 0.104. The molecule has 28 heavy (non-hydrogen) atoms. The number of carbonyl (C=O) groups excluding carboxylic acids is 1. The van der Waals surface area contributed by atoms with Crippen molar-refractivity contribution in [3.63, 3.8) is 0 Å². The van der Waals surface area contributed by atoms with Crippen molar-refractivity contribution in [3.05, 3.63) is 47.4 Å². The van der Waals surface area contributed by atoms with Crippen LogP contribution in [0.15, 0.2) is 34.7 Å². The van der Waals surface area contributed by atoms with Crippen LogP contribution in [0.1, 0.15) is 42.8 Å². The molecule has 0 radical (unpaired) electrons. The molecule has 1 N–H and O–H groups in total. The van der Waals surface area contributed by atoms with E-state index < -0.39 is 0 Å². The number of likely N-dealkylation sites (tertiary alicyclic amines) is 1. The number of aromatic nitrogens is 2. The van der Waals surface area contributed by atoms with E-state index in [0.29, 0.717) is 18.9 Å². The maximum absolute atomic E-state index is 12.2. The Balaban J connectivity index is 1.22. The smallest absolute Gasteiger partial charge is 0.220 e. The number of piperidine rings is 1. The molecule has 1 unspecified atom stereocenters. The number of hydrogen-bond acceptors (Lipinski definition) is 6. The van der Waals surface area contributed by atoms with Gasteiger partial charge in [0.15, 0.2) is 0 Å². The highest BCUT2D eigenvalue weighted by molar-refractivity contribution is 7.00. The minimum absolute atomic E-state index is 0.104. The quantitative estimate of drug-likeness (QED) is 0.653. The molecule has 0 saturated carbocycles. The number of benzene rings is 1. The standard InChI is InChI=1S/C21H26N4O2S/c1-15-4-7-18(27-15)12-22-21(26)9-6-16-3-2-10-25(13-16)14-17-5-8-19-20(11-17)24-28-23-19/h4-5,7-8,11,16H,2-3,6,9-10,12-14H2,1H3,(H,22,26). The van der Waals surface area contributed by atoms with Gasteiger partial charge in [0.05, 0.1) is 18.3 Å². The van der Waals surface area contributed by atoms with Crippen molar-refractivity contribution >= 4 is 28.7 Å². The lowest BCUT2D eigenvalue weighted by atomic mass is 9.93. The van der Waals surface area contributed by atoms with Crippen molar-refractivity contribution in [1.29, 1.82) is 0 Å². The van der Waals surface area contributed by atoms with E-state index in [1.807, 2.05) is 19.1 Å². The summed E-state index contributed by atoms with van der Waals surface area (Å²) >= 11 is 1.26. The second-order valence-corrected chi connectivity index (χ2v) is 8.19. The third-order valence-electron chi connectivity index (χ3n) is 5.36. The van der Waals surface area contributed by atoms with Gasteiger partial charge in [0.25, 0.3) is 0 Å². The van der Waals surface area contributed by atoms with Crippen LogP contribution in [-0.2, 0) is 17.9 Å². The Kier molecular flexibility index (Phi) is 6.02. The van der Waals surface area contributed by atoms with Crippen LogP contribution in [0.5, 0.6) is 0 Å². The summed E-state index contributed by atoms with van der Waals surface area (Å²) in [5.74, 6) is 2.36. The average molecular weight is 399 g/mol. The highest BCUT2D eigenvalue weighted by Gasteiger charge is 2.21. The number of furan rings is 1. The van der Waals surface area contributed by atoms with Crippen LogP contribution in [0.2, 0.25) is 0 Å². The Bertz CT molecular complexity index is 935. The first kappa shape index (κ1) is 19.1. The van der Waals surface area contributed by atoms with Gasteiger partial charge in [-0.1, -0.05) is 6.07 Å². The van der Waals surface area contributed by atoms with Gasteiger partial charge in [0.2, 0.25) is 5.91 Å². The molecule has 3 aromatic rings. The monoisotopic (exact) mass is 398 g/mol. The topological polar surface area (TPSA) is 71.3 Å². The van der Waals surface area contributed by atoms with E-state index >= 15 is 0 Å². The predicted molar refractivity (Wildman–Crippen MR) is 110 cm³/mol. The second-order valence-electron chi connectivity index (χ2n) is 7.66. The van der Waals surface area contributed by atoms with Crippen molar-refractivity contribution in [1.82, 2.24) is 19.0 Å². The van der Waals surface area contributed by atoms with E-state index in [0.717, 1.165) is 48.6 Å². The summed E-state index contributed by atoms with van der Waals surface area (Å²) in [6, 6.07) is 10.2. The molecule has 1 amide bonds. The molecule has 1 aliphatic rings. The molecule has 1 fully saturated rings. The van der Waals surface area contributed by atoms with Crippen molar-refractivity contribution in [3.8, 4) is 0 Å². The second kappa shape index (κ2) is 8.84. The van der Waals surface area contributed by atoms with E-state index in [1.165, 1.54) is 30.1 Å². The molecule has 4 rings (SSSR count). The maximum atomic E-state index is 12.2. The molecule has 1 atom stereocenters. The van der Waals surface area contributed by atoms with Gasteiger partial charge in [-0.25, -0.2) is 0 Å². The third kappa shape index (κ3) is 4.97. The van der Waals surface area contributed by atoms with Crippen LogP contribution in [0, 0.1) is 12.8 Å². The Morgan fingerprint density at radius 2 is 2.18 bits per heavy atom. The Morgan fingerprint density at radius 3 is 3.04 bits per heavy atom. The fraction of sp³-hybridized carbons (Fsp3) is 0.476. The van der Waals surface area contributed by atoms with Gasteiger partial charge in [0, 0.05) is 19.5 Å². The molecular formula is C21H26N4O2S. The molecule has 0 aliphatic carbocycles. The van der Waals surface area contributed by atoms with Gasteiger partial charge in [-0.2, -0.15) is 8.75 Å². The van der Waals surface area contributed by atoms with E-state index in [1.54, 1.807) is 0 Å². The van der Waals surface area contributed by atoms with Crippen LogP contribution >= 0.6 is 11.7 Å². The average Bonchev–Trinajstić information content (AvgIpc) is 3.33. The normalized spacial score (nSPS) is 17.8. The lowest BCUT2D eigenvalue weighted by Crippen LogP contribution is -2.35. The first-order valence-electron chi connectivity index (χ1n) is 9.91. The molecule has 3 heterocycles. The van der Waals surface area contributed by atoms with Crippen molar-refractivity contribution in [2.24, 2.45) is 5.92 Å². The van der Waals surface area contributed by atoms with Crippen LogP contribution < -0.4 is 5.32 Å². The fourth-order valence-corrected chi connectivity index (χ4v) is 4.42. The summed E-state index contributed by atoms with van der Waals surface area (Å²) in [6.07, 6.45) is 3.91. The summed E-state index contributed by atoms with van der Waals surface area (Å²) in [5.41, 5.74) is 3.24. The molecule has 1 saturated heterocycles. The zero-order chi connectivity index (χ0) is 19.3. The molecule has 7 heteroatoms. The highest BCUT2D eigenvalue weighted by Crippen LogP contribution is 2.23. The molecule has 1 aliphatic heterocycles. The number of aryl methyl sites for hydroxylation is 1. The number of hydrogen-bond donors (Lipinski definition) is 1. The molecule has 0 bridgehead atoms. The first-order valence-corrected chi connectivity index (χ1v) is 10.6. The van der Waals surface area contributed by atoms with Crippen LogP contribution in [-0.4, -0.2) is 32.6 Å². The summed E-state index contributed by atoms with van der Waals surface area (Å²) in [7, 11) is 0. The molecular weight excluding hydrogens is 372 g/mol. The lowest BCUT2D eigenvalue weighted by molar-refractivity contribution is -0.121. The highest BCUT2D eigenvalue weighted by atomic mass is 32.1. The summed E-state index contributed by atoms with van der Waals surface area (Å²) < 4.78 is 14.1. The molecule has 148 valence electrons. The van der Waals surface area contributed by atoms with E-state index in [2.05, 4.69) is 37.2 Å². The minimum Gasteiger partial charge on any atom is -0.465 e. The Labute approximate surface area is 169 Å². The zero-order valence-electron chi connectivity index (χ0n) is 16.2. The molecule has 2 aromatic heterocycles. The van der Waals surface area contributed by atoms with Gasteiger partial charge < -0.3 is 9.73 Å². The van der Waals surface area contributed by atoms with Crippen LogP contribution in [0.3, 0.4) is 0 Å². The predicted octanol–water partition coefficient (Wildman–Crippen LogP) is 3.90. The van der Waals surface area contributed by atoms with E-state index in [4.69, 9.17) is 4.42 Å². The number of rotatable bonds is 7. The molecule has 6 nitrogen and oxygen atoms in total. The van der Waals surface area contributed by atoms with Gasteiger partial charge in [-0.05, 0) is 68.5 Å². The van der Waals surface area contributed by atoms with Gasteiger partial charge in [-0.3, -0.25) is 9.69 Å². The largest absolute Gasteiger partial charge is 0.465 e. The SMILES string of the molecule is Cc1ccc(CNC(=O)CCC2CCCN(Cc3ccc4nsnc4c3)C2)o1. The number of nitrogens with one attached hydrogen (secondary N) is 1. The van der Waals surface area contributed by atoms with Crippen molar-refractivity contribution in [2.75, 3.05) is 13.1 Å². The third-order valence-corrected chi connectivity index (χ3v) is 5.92. The molecule has 1 aromatic carbocycles. The summed E-state index contributed by atoms with van der Waals surface area (Å²) in [5, 5.41) is 2.96. The van der Waals surface area contributed by atoms with E-state index in [9.17, 15) is 4.79 Å². The van der Waals surface area contributed by atoms with Gasteiger partial charge in [-0.15, -0.1) is 0 Å². The number of amides is 1. The summed E-state index contributed by atoms with van der Waals surface area (Å²) in [4.78, 5) is 14.7. The van der Waals surface area contributed by atoms with Crippen LogP contribution in [0.25, 0.3) is 11.0 Å². The Morgan fingerprint density at radius 1 is 1.29 bits per heavy atom. The van der Waals surface area contributed by atoms with Crippen LogP contribution in [0.4, 0.5) is 0 Å². The zero-order valence-corrected chi connectivity index (χ0v) is 17.0. The fourth-order valence-electron chi connectivity index (χ4n) is 3.90. The van der Waals surface area contributed by atoms with Gasteiger partial charge >= 0.3 is 0 Å². The van der Waals surface area contributed by atoms with Crippen molar-refractivity contribution in [2.45, 2.75) is 45.7 Å². The maximum Gasteiger partial charge on any atom is 0.220 e. The van der Waals surface area contributed by atoms with Gasteiger partial charge in [0.1, 0.15) is 22.6 Å². The van der Waals surface area contributed by atoms with E-state index in [-0.39, 0.29) is 5.91 Å². The number of fused-ring (bicyclic) bond motifs is 1. The van der Waals surface area contributed by atoms with Crippen molar-refractivity contribution < 1.29 is 9.21 Å². The number of carbonyl (C=O) groups is 1. The number of nitrogens with zero attached hydrogens (tertiary/aromatic N) is 3. The summed E-state index contributed by atoms with van der Waals surface area (Å²) in [6.45, 7) is 5.49. The first-order chi connectivity index (χ1) is 13.7.